The predicted octanol–water partition coefficient (Wildman–Crippen LogP) is 0.0573. The molecule has 0 heterocycles. The molecule has 1 unspecified atom stereocenters. The Morgan fingerprint density at radius 3 is 2.45 bits per heavy atom. The van der Waals surface area contributed by atoms with E-state index in [4.69, 9.17) is 0 Å². The molecule has 1 saturated carbocycles. The predicted molar refractivity (Wildman–Crippen MR) is 43.8 cm³/mol. The van der Waals surface area contributed by atoms with Gasteiger partial charge in [-0.05, 0) is 0 Å². The number of hydrogen-bond acceptors (Lipinski definition) is 2. The molecule has 2 nitrogen and oxygen atoms in total. The molecule has 11 heavy (non-hydrogen) atoms. The summed E-state index contributed by atoms with van der Waals surface area (Å²) in [6, 6.07) is 0. The molecule has 1 aliphatic carbocycles. The monoisotopic (exact) mass is 233 g/mol. The standard InChI is InChI=1S/C7H9O2SeSi/c1-10-6(11)5-2-7(5,3-8)4-9/h3-6H,2H2,1H3/t5?,6-/m1/s1. The number of carbonyl (C=O) groups excluding carboxylic acids is 2. The average Bonchev–Trinajstić information content (AvgIpc) is 2.78. The fraction of sp³-hybridized carbons (Fsp3) is 0.714. The van der Waals surface area contributed by atoms with Gasteiger partial charge in [0, 0.05) is 0 Å². The summed E-state index contributed by atoms with van der Waals surface area (Å²) >= 11 is 0.468. The van der Waals surface area contributed by atoms with E-state index in [9.17, 15) is 9.59 Å². The fourth-order valence-corrected chi connectivity index (χ4v) is 3.02. The fourth-order valence-electron chi connectivity index (χ4n) is 1.17. The first-order valence-electron chi connectivity index (χ1n) is 3.37. The van der Waals surface area contributed by atoms with Crippen molar-refractivity contribution >= 4 is 37.8 Å². The van der Waals surface area contributed by atoms with Crippen molar-refractivity contribution in [3.05, 3.63) is 0 Å². The van der Waals surface area contributed by atoms with Crippen LogP contribution in [0.25, 0.3) is 0 Å². The van der Waals surface area contributed by atoms with Gasteiger partial charge in [-0.15, -0.1) is 0 Å². The van der Waals surface area contributed by atoms with Crippen LogP contribution in [0.15, 0.2) is 0 Å². The zero-order chi connectivity index (χ0) is 8.48. The van der Waals surface area contributed by atoms with Crippen molar-refractivity contribution in [2.75, 3.05) is 0 Å². The quantitative estimate of drug-likeness (QED) is 0.390. The van der Waals surface area contributed by atoms with Crippen LogP contribution in [0.3, 0.4) is 0 Å². The van der Waals surface area contributed by atoms with E-state index in [1.54, 1.807) is 0 Å². The molecule has 0 aromatic carbocycles. The van der Waals surface area contributed by atoms with Crippen molar-refractivity contribution in [3.63, 3.8) is 0 Å². The molecule has 0 saturated heterocycles. The average molecular weight is 232 g/mol. The molecule has 0 aliphatic heterocycles. The third-order valence-electron chi connectivity index (χ3n) is 2.16. The van der Waals surface area contributed by atoms with Crippen LogP contribution in [0.1, 0.15) is 6.42 Å². The van der Waals surface area contributed by atoms with Crippen LogP contribution in [0, 0.1) is 11.3 Å². The molecule has 0 aromatic rings. The van der Waals surface area contributed by atoms with Gasteiger partial charge in [-0.1, -0.05) is 0 Å². The third-order valence-corrected chi connectivity index (χ3v) is 5.54. The molecule has 0 amide bonds. The molecular formula is C7H9O2SeSi. The number of carbonyl (C=O) groups is 2. The van der Waals surface area contributed by atoms with Gasteiger partial charge >= 0.3 is 75.4 Å². The minimum atomic E-state index is -0.621. The number of aldehydes is 2. The van der Waals surface area contributed by atoms with Crippen LogP contribution in [0.5, 0.6) is 0 Å². The summed E-state index contributed by atoms with van der Waals surface area (Å²) in [7, 11) is 3.52. The topological polar surface area (TPSA) is 34.1 Å². The van der Waals surface area contributed by atoms with E-state index in [0.717, 1.165) is 19.0 Å². The second kappa shape index (κ2) is 3.21. The third kappa shape index (κ3) is 1.48. The van der Waals surface area contributed by atoms with Gasteiger partial charge < -0.3 is 0 Å². The first kappa shape index (κ1) is 9.17. The number of hydrogen-bond donors (Lipinski definition) is 0. The van der Waals surface area contributed by atoms with Crippen molar-refractivity contribution in [2.45, 2.75) is 16.7 Å². The SMILES string of the molecule is C[Se][C@H]([Si])C1CC1(C=O)C=O. The van der Waals surface area contributed by atoms with Gasteiger partial charge in [0.1, 0.15) is 0 Å². The number of rotatable bonds is 4. The Balaban J connectivity index is 2.56. The summed E-state index contributed by atoms with van der Waals surface area (Å²) in [6.45, 7) is 0. The molecule has 1 rings (SSSR count). The first-order valence-corrected chi connectivity index (χ1v) is 6.64. The molecular weight excluding hydrogens is 223 g/mol. The molecule has 1 fully saturated rings. The molecule has 3 radical (unpaired) electrons. The summed E-state index contributed by atoms with van der Waals surface area (Å²) in [4.78, 5) is 21.0. The maximum atomic E-state index is 10.5. The van der Waals surface area contributed by atoms with Crippen LogP contribution in [0.2, 0.25) is 10.3 Å². The van der Waals surface area contributed by atoms with Crippen molar-refractivity contribution in [1.29, 1.82) is 0 Å². The molecule has 0 bridgehead atoms. The van der Waals surface area contributed by atoms with Crippen LogP contribution in [-0.4, -0.2) is 37.8 Å². The summed E-state index contributed by atoms with van der Waals surface area (Å²) in [6.07, 6.45) is 2.33. The van der Waals surface area contributed by atoms with Crippen molar-refractivity contribution in [1.82, 2.24) is 0 Å². The Morgan fingerprint density at radius 1 is 1.64 bits per heavy atom. The molecule has 4 heteroatoms. The van der Waals surface area contributed by atoms with Crippen molar-refractivity contribution in [2.24, 2.45) is 11.3 Å². The van der Waals surface area contributed by atoms with E-state index >= 15 is 0 Å². The van der Waals surface area contributed by atoms with Crippen molar-refractivity contribution in [3.8, 4) is 0 Å². The van der Waals surface area contributed by atoms with Crippen LogP contribution in [0.4, 0.5) is 0 Å². The zero-order valence-corrected chi connectivity index (χ0v) is 8.95. The van der Waals surface area contributed by atoms with E-state index in [0.29, 0.717) is 19.4 Å². The van der Waals surface area contributed by atoms with E-state index in [2.05, 4.69) is 16.1 Å². The minimum absolute atomic E-state index is 0.263. The van der Waals surface area contributed by atoms with Crippen LogP contribution < -0.4 is 0 Å². The molecule has 0 N–H and O–H groups in total. The molecule has 0 spiro atoms. The Labute approximate surface area is 75.7 Å². The molecule has 2 atom stereocenters. The molecule has 1 aliphatic rings. The Hall–Kier alpha value is 0.0764. The maximum absolute atomic E-state index is 10.5. The van der Waals surface area contributed by atoms with E-state index < -0.39 is 5.41 Å². The summed E-state index contributed by atoms with van der Waals surface area (Å²) in [5, 5.41) is 0. The Kier molecular flexibility index (Phi) is 2.68. The van der Waals surface area contributed by atoms with Gasteiger partial charge in [0.15, 0.2) is 0 Å². The van der Waals surface area contributed by atoms with Crippen LogP contribution >= 0.6 is 0 Å². The van der Waals surface area contributed by atoms with Gasteiger partial charge in [0.25, 0.3) is 0 Å². The molecule has 59 valence electrons. The second-order valence-electron chi connectivity index (χ2n) is 2.81. The van der Waals surface area contributed by atoms with E-state index in [-0.39, 0.29) is 5.92 Å². The van der Waals surface area contributed by atoms with Gasteiger partial charge in [0.05, 0.1) is 0 Å². The molecule has 0 aromatic heterocycles. The first-order chi connectivity index (χ1) is 5.20. The van der Waals surface area contributed by atoms with Gasteiger partial charge in [-0.2, -0.15) is 0 Å². The second-order valence-corrected chi connectivity index (χ2v) is 6.43. The van der Waals surface area contributed by atoms with Gasteiger partial charge in [-0.25, -0.2) is 0 Å². The van der Waals surface area contributed by atoms with Gasteiger partial charge in [0.2, 0.25) is 0 Å². The summed E-state index contributed by atoms with van der Waals surface area (Å²) < 4.78 is 0.373. The summed E-state index contributed by atoms with van der Waals surface area (Å²) in [5.41, 5.74) is -0.621. The normalized spacial score (nSPS) is 29.1. The van der Waals surface area contributed by atoms with Crippen molar-refractivity contribution < 1.29 is 9.59 Å². The van der Waals surface area contributed by atoms with Gasteiger partial charge in [-0.3, -0.25) is 0 Å². The van der Waals surface area contributed by atoms with Crippen LogP contribution in [-0.2, 0) is 9.59 Å². The van der Waals surface area contributed by atoms with E-state index in [1.807, 2.05) is 0 Å². The Morgan fingerprint density at radius 2 is 2.18 bits per heavy atom. The zero-order valence-electron chi connectivity index (χ0n) is 6.24. The van der Waals surface area contributed by atoms with E-state index in [1.165, 1.54) is 0 Å². The summed E-state index contributed by atoms with van der Waals surface area (Å²) in [5.74, 6) is 2.36. The Bertz CT molecular complexity index is 175.